The maximum absolute atomic E-state index is 13.3. The van der Waals surface area contributed by atoms with Crippen LogP contribution in [-0.2, 0) is 13.6 Å². The molecular weight excluding hydrogens is 446 g/mol. The van der Waals surface area contributed by atoms with E-state index in [-0.39, 0.29) is 11.5 Å². The summed E-state index contributed by atoms with van der Waals surface area (Å²) in [6, 6.07) is 8.58. The fourth-order valence-electron chi connectivity index (χ4n) is 4.69. The first kappa shape index (κ1) is 24.3. The third-order valence-electron chi connectivity index (χ3n) is 6.83. The van der Waals surface area contributed by atoms with Crippen LogP contribution in [-0.4, -0.2) is 38.7 Å². The monoisotopic (exact) mass is 479 g/mol. The van der Waals surface area contributed by atoms with Crippen LogP contribution in [0.25, 0.3) is 10.6 Å². The molecule has 1 N–H and O–H groups in total. The van der Waals surface area contributed by atoms with Crippen molar-refractivity contribution < 1.29 is 4.79 Å². The minimum Gasteiger partial charge on any atom is -0.321 e. The lowest BCUT2D eigenvalue weighted by Crippen LogP contribution is -2.33. The molecule has 8 heteroatoms. The molecule has 3 aromatic rings. The van der Waals surface area contributed by atoms with Crippen LogP contribution in [0.1, 0.15) is 64.3 Å². The number of nitrogens with zero attached hydrogens (tertiary/aromatic N) is 4. The molecule has 1 fully saturated rings. The van der Waals surface area contributed by atoms with Crippen molar-refractivity contribution in [2.45, 2.75) is 65.5 Å². The van der Waals surface area contributed by atoms with Gasteiger partial charge in [0.05, 0.1) is 17.0 Å². The van der Waals surface area contributed by atoms with E-state index in [0.717, 1.165) is 29.1 Å². The number of hydrogen-bond donors (Lipinski definition) is 1. The summed E-state index contributed by atoms with van der Waals surface area (Å²) in [7, 11) is 3.81. The minimum absolute atomic E-state index is 0.200. The van der Waals surface area contributed by atoms with Crippen molar-refractivity contribution in [2.75, 3.05) is 12.4 Å². The topological polar surface area (TPSA) is 80.1 Å². The largest absolute Gasteiger partial charge is 0.321 e. The van der Waals surface area contributed by atoms with Crippen molar-refractivity contribution in [1.29, 1.82) is 0 Å². The number of carbonyl (C=O) groups is 1. The Morgan fingerprint density at radius 2 is 1.85 bits per heavy atom. The van der Waals surface area contributed by atoms with Crippen LogP contribution < -0.4 is 10.9 Å². The molecule has 0 unspecified atom stereocenters. The van der Waals surface area contributed by atoms with Gasteiger partial charge in [0.15, 0.2) is 0 Å². The highest BCUT2D eigenvalue weighted by Crippen LogP contribution is 2.30. The molecule has 7 nitrogen and oxygen atoms in total. The standard InChI is InChI=1S/C26H33N5O2S/c1-16-17(2)29-31(5)26(33)22(16)25-27-18(3)23(34-25)24(32)28-21-14-10-9-11-19(21)15-30(4)20-12-7-6-8-13-20/h9-11,14,20H,6-8,12-13,15H2,1-5H3,(H,28,32). The number of amides is 1. The lowest BCUT2D eigenvalue weighted by atomic mass is 9.94. The molecule has 0 atom stereocenters. The number of hydrogen-bond acceptors (Lipinski definition) is 6. The van der Waals surface area contributed by atoms with Gasteiger partial charge in [-0.2, -0.15) is 5.10 Å². The molecule has 34 heavy (non-hydrogen) atoms. The number of aromatic nitrogens is 3. The van der Waals surface area contributed by atoms with E-state index >= 15 is 0 Å². The summed E-state index contributed by atoms with van der Waals surface area (Å²) < 4.78 is 1.33. The van der Waals surface area contributed by atoms with Gasteiger partial charge in [-0.25, -0.2) is 9.67 Å². The van der Waals surface area contributed by atoms with Gasteiger partial charge in [-0.15, -0.1) is 11.3 Å². The van der Waals surface area contributed by atoms with Crippen molar-refractivity contribution in [3.8, 4) is 10.6 Å². The summed E-state index contributed by atoms with van der Waals surface area (Å²) in [4.78, 5) is 33.5. The number of carbonyl (C=O) groups excluding carboxylic acids is 1. The molecule has 0 spiro atoms. The van der Waals surface area contributed by atoms with E-state index in [0.29, 0.717) is 27.2 Å². The zero-order chi connectivity index (χ0) is 24.4. The number of thiazole rings is 1. The van der Waals surface area contributed by atoms with Crippen LogP contribution in [0.4, 0.5) is 5.69 Å². The molecule has 1 aromatic carbocycles. The zero-order valence-electron chi connectivity index (χ0n) is 20.6. The van der Waals surface area contributed by atoms with Crippen molar-refractivity contribution in [2.24, 2.45) is 7.05 Å². The van der Waals surface area contributed by atoms with E-state index in [1.807, 2.05) is 39.0 Å². The summed E-state index contributed by atoms with van der Waals surface area (Å²) in [5, 5.41) is 7.90. The lowest BCUT2D eigenvalue weighted by molar-refractivity contribution is 0.102. The molecule has 1 aliphatic rings. The van der Waals surface area contributed by atoms with Gasteiger partial charge >= 0.3 is 0 Å². The molecule has 0 aliphatic heterocycles. The van der Waals surface area contributed by atoms with Crippen LogP contribution >= 0.6 is 11.3 Å². The maximum Gasteiger partial charge on any atom is 0.277 e. The Bertz CT molecular complexity index is 1260. The van der Waals surface area contributed by atoms with Gasteiger partial charge in [-0.05, 0) is 57.9 Å². The highest BCUT2D eigenvalue weighted by atomic mass is 32.1. The highest BCUT2D eigenvalue weighted by Gasteiger charge is 2.23. The molecule has 2 aromatic heterocycles. The van der Waals surface area contributed by atoms with Crippen molar-refractivity contribution >= 4 is 22.9 Å². The highest BCUT2D eigenvalue weighted by molar-refractivity contribution is 7.17. The van der Waals surface area contributed by atoms with Gasteiger partial charge in [-0.3, -0.25) is 14.5 Å². The Morgan fingerprint density at radius 1 is 1.15 bits per heavy atom. The molecule has 0 radical (unpaired) electrons. The SMILES string of the molecule is Cc1nc(-c2c(C)c(C)nn(C)c2=O)sc1C(=O)Nc1ccccc1CN(C)C1CCCCC1. The van der Waals surface area contributed by atoms with Gasteiger partial charge in [0.1, 0.15) is 9.88 Å². The van der Waals surface area contributed by atoms with Gasteiger partial charge in [0, 0.05) is 25.3 Å². The van der Waals surface area contributed by atoms with Crippen molar-refractivity contribution in [1.82, 2.24) is 19.7 Å². The van der Waals surface area contributed by atoms with E-state index in [4.69, 9.17) is 0 Å². The van der Waals surface area contributed by atoms with Crippen LogP contribution in [0.15, 0.2) is 29.1 Å². The van der Waals surface area contributed by atoms with Gasteiger partial charge in [-0.1, -0.05) is 37.5 Å². The van der Waals surface area contributed by atoms with Crippen LogP contribution in [0.3, 0.4) is 0 Å². The second-order valence-electron chi connectivity index (χ2n) is 9.27. The van der Waals surface area contributed by atoms with Crippen LogP contribution in [0, 0.1) is 20.8 Å². The Labute approximate surface area is 204 Å². The Kier molecular flexibility index (Phi) is 7.28. The minimum atomic E-state index is -0.208. The lowest BCUT2D eigenvalue weighted by Gasteiger charge is -2.31. The smallest absolute Gasteiger partial charge is 0.277 e. The van der Waals surface area contributed by atoms with E-state index in [9.17, 15) is 9.59 Å². The first-order valence-corrected chi connectivity index (χ1v) is 12.7. The van der Waals surface area contributed by atoms with Gasteiger partial charge < -0.3 is 5.32 Å². The Balaban J connectivity index is 1.57. The number of rotatable bonds is 6. The zero-order valence-corrected chi connectivity index (χ0v) is 21.5. The number of benzene rings is 1. The number of anilines is 1. The number of para-hydroxylation sites is 1. The van der Waals surface area contributed by atoms with E-state index < -0.39 is 0 Å². The quantitative estimate of drug-likeness (QED) is 0.547. The molecule has 180 valence electrons. The fourth-order valence-corrected chi connectivity index (χ4v) is 5.75. The summed E-state index contributed by atoms with van der Waals surface area (Å²) in [5.41, 5.74) is 4.39. The van der Waals surface area contributed by atoms with Crippen LogP contribution in [0.2, 0.25) is 0 Å². The molecule has 1 aliphatic carbocycles. The molecule has 2 heterocycles. The average molecular weight is 480 g/mol. The Hall–Kier alpha value is -2.84. The fraction of sp³-hybridized carbons (Fsp3) is 0.462. The van der Waals surface area contributed by atoms with Crippen molar-refractivity contribution in [3.63, 3.8) is 0 Å². The maximum atomic E-state index is 13.3. The van der Waals surface area contributed by atoms with E-state index in [1.165, 1.54) is 48.1 Å². The average Bonchev–Trinajstić information content (AvgIpc) is 3.21. The number of aryl methyl sites for hydroxylation is 3. The molecule has 1 saturated carbocycles. The number of nitrogens with one attached hydrogen (secondary N) is 1. The first-order chi connectivity index (χ1) is 16.3. The summed E-state index contributed by atoms with van der Waals surface area (Å²) in [6.45, 7) is 6.34. The van der Waals surface area contributed by atoms with E-state index in [1.54, 1.807) is 7.05 Å². The molecular formula is C26H33N5O2S. The predicted molar refractivity (Wildman–Crippen MR) is 138 cm³/mol. The summed E-state index contributed by atoms with van der Waals surface area (Å²) in [5.74, 6) is -0.200. The normalized spacial score (nSPS) is 14.5. The molecule has 4 rings (SSSR count). The van der Waals surface area contributed by atoms with E-state index in [2.05, 4.69) is 33.4 Å². The van der Waals surface area contributed by atoms with Crippen molar-refractivity contribution in [3.05, 3.63) is 62.0 Å². The second-order valence-corrected chi connectivity index (χ2v) is 10.3. The second kappa shape index (κ2) is 10.2. The third-order valence-corrected chi connectivity index (χ3v) is 8.00. The third kappa shape index (κ3) is 4.98. The molecule has 0 bridgehead atoms. The summed E-state index contributed by atoms with van der Waals surface area (Å²) >= 11 is 1.25. The summed E-state index contributed by atoms with van der Waals surface area (Å²) in [6.07, 6.45) is 6.39. The van der Waals surface area contributed by atoms with Gasteiger partial charge in [0.25, 0.3) is 11.5 Å². The van der Waals surface area contributed by atoms with Gasteiger partial charge in [0.2, 0.25) is 0 Å². The first-order valence-electron chi connectivity index (χ1n) is 11.9. The predicted octanol–water partition coefficient (Wildman–Crippen LogP) is 4.85. The molecule has 0 saturated heterocycles. The van der Waals surface area contributed by atoms with Crippen LogP contribution in [0.5, 0.6) is 0 Å². The molecule has 1 amide bonds. The Morgan fingerprint density at radius 3 is 2.59 bits per heavy atom.